The summed E-state index contributed by atoms with van der Waals surface area (Å²) in [5.74, 6) is 0.739. The number of aryl methyl sites for hydroxylation is 1. The smallest absolute Gasteiger partial charge is 0.311 e. The van der Waals surface area contributed by atoms with Gasteiger partial charge in [0.15, 0.2) is 12.4 Å². The van der Waals surface area contributed by atoms with Gasteiger partial charge in [-0.3, -0.25) is 14.4 Å². The summed E-state index contributed by atoms with van der Waals surface area (Å²) in [6.45, 7) is 1.38. The molecule has 1 fully saturated rings. The van der Waals surface area contributed by atoms with Gasteiger partial charge < -0.3 is 29.0 Å². The van der Waals surface area contributed by atoms with Crippen LogP contribution in [0.2, 0.25) is 0 Å². The Morgan fingerprint density at radius 3 is 2.35 bits per heavy atom. The van der Waals surface area contributed by atoms with E-state index in [0.717, 1.165) is 5.75 Å². The normalized spacial score (nSPS) is 15.2. The number of rotatable bonds is 8. The van der Waals surface area contributed by atoms with Crippen molar-refractivity contribution in [3.63, 3.8) is 0 Å². The molecule has 34 heavy (non-hydrogen) atoms. The molecule has 2 aromatic carbocycles. The highest BCUT2D eigenvalue weighted by atomic mass is 16.5. The highest BCUT2D eigenvalue weighted by molar-refractivity contribution is 6.00. The largest absolute Gasteiger partial charge is 0.497 e. The van der Waals surface area contributed by atoms with Crippen LogP contribution in [0, 0.1) is 12.8 Å². The summed E-state index contributed by atoms with van der Waals surface area (Å²) in [4.78, 5) is 38.3. The Morgan fingerprint density at radius 2 is 1.74 bits per heavy atom. The van der Waals surface area contributed by atoms with Gasteiger partial charge in [-0.25, -0.2) is 0 Å². The molecule has 1 aliphatic rings. The van der Waals surface area contributed by atoms with E-state index in [-0.39, 0.29) is 24.7 Å². The standard InChI is InChI=1S/C24H23N3O7/c1-15-11-21(26-34-15)25-22(28)14-32-24(30)16-12-23(29)27(13-16)17-3-5-19(6-4-17)33-20-9-7-18(31-2)8-10-20/h3-11,16H,12-14H2,1-2H3,(H,25,26,28)/t16-/m0/s1. The minimum Gasteiger partial charge on any atom is -0.497 e. The lowest BCUT2D eigenvalue weighted by atomic mass is 10.1. The molecular weight excluding hydrogens is 442 g/mol. The van der Waals surface area contributed by atoms with Crippen molar-refractivity contribution in [1.29, 1.82) is 0 Å². The Kier molecular flexibility index (Phi) is 6.77. The van der Waals surface area contributed by atoms with E-state index in [1.165, 1.54) is 4.90 Å². The molecule has 0 aliphatic carbocycles. The second-order valence-corrected chi connectivity index (χ2v) is 7.66. The third kappa shape index (κ3) is 5.52. The molecule has 0 bridgehead atoms. The lowest BCUT2D eigenvalue weighted by molar-refractivity contribution is -0.151. The number of ether oxygens (including phenoxy) is 3. The minimum atomic E-state index is -0.662. The van der Waals surface area contributed by atoms with Gasteiger partial charge in [-0.1, -0.05) is 5.16 Å². The van der Waals surface area contributed by atoms with Gasteiger partial charge in [-0.2, -0.15) is 0 Å². The van der Waals surface area contributed by atoms with Crippen molar-refractivity contribution in [2.24, 2.45) is 5.92 Å². The average Bonchev–Trinajstić information content (AvgIpc) is 3.43. The quantitative estimate of drug-likeness (QED) is 0.503. The number of nitrogens with one attached hydrogen (secondary N) is 1. The minimum absolute atomic E-state index is 0.00698. The first-order chi connectivity index (χ1) is 16.4. The van der Waals surface area contributed by atoms with E-state index in [1.807, 2.05) is 0 Å². The van der Waals surface area contributed by atoms with Crippen molar-refractivity contribution in [3.05, 3.63) is 60.4 Å². The summed E-state index contributed by atoms with van der Waals surface area (Å²) in [6, 6.07) is 15.7. The summed E-state index contributed by atoms with van der Waals surface area (Å²) in [6.07, 6.45) is 0.00698. The third-order valence-corrected chi connectivity index (χ3v) is 5.14. The van der Waals surface area contributed by atoms with Crippen LogP contribution < -0.4 is 19.7 Å². The van der Waals surface area contributed by atoms with Crippen LogP contribution in [0.4, 0.5) is 11.5 Å². The molecule has 4 rings (SSSR count). The molecule has 3 aromatic rings. The van der Waals surface area contributed by atoms with Crippen LogP contribution in [0.5, 0.6) is 17.2 Å². The zero-order valence-electron chi connectivity index (χ0n) is 18.6. The molecule has 0 spiro atoms. The lowest BCUT2D eigenvalue weighted by Crippen LogP contribution is -2.28. The molecule has 1 atom stereocenters. The van der Waals surface area contributed by atoms with E-state index in [9.17, 15) is 14.4 Å². The van der Waals surface area contributed by atoms with E-state index in [4.69, 9.17) is 18.7 Å². The molecule has 1 saturated heterocycles. The van der Waals surface area contributed by atoms with Gasteiger partial charge in [0.2, 0.25) is 5.91 Å². The first-order valence-corrected chi connectivity index (χ1v) is 10.5. The van der Waals surface area contributed by atoms with Crippen LogP contribution >= 0.6 is 0 Å². The molecule has 1 aliphatic heterocycles. The maximum atomic E-state index is 12.5. The van der Waals surface area contributed by atoms with E-state index >= 15 is 0 Å². The zero-order valence-corrected chi connectivity index (χ0v) is 18.6. The lowest BCUT2D eigenvalue weighted by Gasteiger charge is -2.17. The predicted molar refractivity (Wildman–Crippen MR) is 121 cm³/mol. The molecule has 176 valence electrons. The Hall–Kier alpha value is -4.34. The van der Waals surface area contributed by atoms with Crippen molar-refractivity contribution in [2.45, 2.75) is 13.3 Å². The second kappa shape index (κ2) is 10.1. The summed E-state index contributed by atoms with van der Waals surface area (Å²) in [5, 5.41) is 6.10. The number of benzene rings is 2. The predicted octanol–water partition coefficient (Wildman–Crippen LogP) is 3.32. The van der Waals surface area contributed by atoms with Gasteiger partial charge in [-0.15, -0.1) is 0 Å². The second-order valence-electron chi connectivity index (χ2n) is 7.66. The molecule has 0 radical (unpaired) electrons. The van der Waals surface area contributed by atoms with E-state index in [0.29, 0.717) is 22.9 Å². The van der Waals surface area contributed by atoms with Gasteiger partial charge in [0.05, 0.1) is 13.0 Å². The summed E-state index contributed by atoms with van der Waals surface area (Å²) >= 11 is 0. The molecule has 0 saturated carbocycles. The number of carbonyl (C=O) groups excluding carboxylic acids is 3. The fourth-order valence-corrected chi connectivity index (χ4v) is 3.45. The SMILES string of the molecule is COc1ccc(Oc2ccc(N3C[C@@H](C(=O)OCC(=O)Nc4cc(C)on4)CC3=O)cc2)cc1. The van der Waals surface area contributed by atoms with E-state index in [1.54, 1.807) is 68.6 Å². The molecule has 2 heterocycles. The molecular formula is C24H23N3O7. The number of amides is 2. The van der Waals surface area contributed by atoms with Gasteiger partial charge in [0.25, 0.3) is 5.91 Å². The van der Waals surface area contributed by atoms with Crippen LogP contribution in [0.15, 0.2) is 59.1 Å². The van der Waals surface area contributed by atoms with Crippen molar-refractivity contribution >= 4 is 29.3 Å². The fourth-order valence-electron chi connectivity index (χ4n) is 3.45. The Morgan fingerprint density at radius 1 is 1.09 bits per heavy atom. The zero-order chi connectivity index (χ0) is 24.1. The molecule has 0 unspecified atom stereocenters. The molecule has 1 N–H and O–H groups in total. The van der Waals surface area contributed by atoms with Crippen LogP contribution in [0.25, 0.3) is 0 Å². The van der Waals surface area contributed by atoms with Crippen molar-refractivity contribution < 1.29 is 33.1 Å². The van der Waals surface area contributed by atoms with Gasteiger partial charge in [0, 0.05) is 24.7 Å². The average molecular weight is 465 g/mol. The van der Waals surface area contributed by atoms with Gasteiger partial charge >= 0.3 is 5.97 Å². The molecule has 10 heteroatoms. The van der Waals surface area contributed by atoms with Crippen LogP contribution in [0.3, 0.4) is 0 Å². The summed E-state index contributed by atoms with van der Waals surface area (Å²) < 4.78 is 20.9. The number of aromatic nitrogens is 1. The van der Waals surface area contributed by atoms with Crippen LogP contribution in [-0.2, 0) is 19.1 Å². The Balaban J connectivity index is 1.29. The Labute approximate surface area is 195 Å². The number of methoxy groups -OCH3 is 1. The third-order valence-electron chi connectivity index (χ3n) is 5.14. The number of anilines is 2. The number of hydrogen-bond donors (Lipinski definition) is 1. The molecule has 2 amide bonds. The maximum Gasteiger partial charge on any atom is 0.311 e. The first kappa shape index (κ1) is 22.8. The fraction of sp³-hybridized carbons (Fsp3) is 0.250. The topological polar surface area (TPSA) is 120 Å². The van der Waals surface area contributed by atoms with Crippen molar-refractivity contribution in [3.8, 4) is 17.2 Å². The highest BCUT2D eigenvalue weighted by Crippen LogP contribution is 2.29. The summed E-state index contributed by atoms with van der Waals surface area (Å²) in [5.41, 5.74) is 0.640. The van der Waals surface area contributed by atoms with Gasteiger partial charge in [0.1, 0.15) is 23.0 Å². The van der Waals surface area contributed by atoms with E-state index < -0.39 is 24.4 Å². The number of hydrogen-bond acceptors (Lipinski definition) is 8. The van der Waals surface area contributed by atoms with Crippen molar-refractivity contribution in [2.75, 3.05) is 30.5 Å². The molecule has 1 aromatic heterocycles. The number of esters is 1. The Bertz CT molecular complexity index is 1170. The monoisotopic (exact) mass is 465 g/mol. The first-order valence-electron chi connectivity index (χ1n) is 10.5. The number of carbonyl (C=O) groups is 3. The van der Waals surface area contributed by atoms with Crippen LogP contribution in [0.1, 0.15) is 12.2 Å². The maximum absolute atomic E-state index is 12.5. The van der Waals surface area contributed by atoms with E-state index in [2.05, 4.69) is 10.5 Å². The van der Waals surface area contributed by atoms with Gasteiger partial charge in [-0.05, 0) is 55.5 Å². The van der Waals surface area contributed by atoms with Crippen molar-refractivity contribution in [1.82, 2.24) is 5.16 Å². The number of nitrogens with zero attached hydrogens (tertiary/aromatic N) is 2. The summed E-state index contributed by atoms with van der Waals surface area (Å²) in [7, 11) is 1.59. The highest BCUT2D eigenvalue weighted by Gasteiger charge is 2.36. The van der Waals surface area contributed by atoms with Crippen LogP contribution in [-0.4, -0.2) is 43.2 Å². The molecule has 10 nitrogen and oxygen atoms in total.